The molecule has 0 saturated carbocycles. The zero-order chi connectivity index (χ0) is 32.3. The average molecular weight is 619 g/mol. The lowest BCUT2D eigenvalue weighted by Gasteiger charge is -2.38. The molecule has 2 atom stereocenters. The van der Waals surface area contributed by atoms with Gasteiger partial charge in [0.1, 0.15) is 35.2 Å². The number of aromatic nitrogens is 1. The van der Waals surface area contributed by atoms with E-state index in [9.17, 15) is 18.8 Å². The second-order valence-electron chi connectivity index (χ2n) is 11.8. The molecule has 1 aromatic heterocycles. The Balaban J connectivity index is 1.62. The van der Waals surface area contributed by atoms with Crippen molar-refractivity contribution in [1.82, 2.24) is 10.3 Å². The number of para-hydroxylation sites is 1. The van der Waals surface area contributed by atoms with E-state index in [1.807, 2.05) is 12.1 Å². The van der Waals surface area contributed by atoms with E-state index in [4.69, 9.17) is 14.2 Å². The minimum Gasteiger partial charge on any atom is -0.466 e. The van der Waals surface area contributed by atoms with Crippen LogP contribution in [0.5, 0.6) is 5.75 Å². The van der Waals surface area contributed by atoms with Crippen LogP contribution in [0, 0.1) is 23.0 Å². The predicted molar refractivity (Wildman–Crippen MR) is 165 cm³/mol. The van der Waals surface area contributed by atoms with Crippen molar-refractivity contribution < 1.29 is 32.2 Å². The SMILES string of the molecule is COCOc1c(C#N)cccc1-c1ccc2ncc(-c3cc(F)cc(F)c3)c(N3CCC(NC(=O)OC(C)(C)C)C(F)C3)c2c1. The van der Waals surface area contributed by atoms with Crippen LogP contribution >= 0.6 is 0 Å². The molecule has 1 N–H and O–H groups in total. The van der Waals surface area contributed by atoms with Gasteiger partial charge in [0.2, 0.25) is 0 Å². The van der Waals surface area contributed by atoms with Crippen molar-refractivity contribution in [3.63, 3.8) is 0 Å². The number of anilines is 1. The summed E-state index contributed by atoms with van der Waals surface area (Å²) in [5, 5.41) is 13.0. The first-order chi connectivity index (χ1) is 21.5. The van der Waals surface area contributed by atoms with Gasteiger partial charge >= 0.3 is 6.09 Å². The normalized spacial score (nSPS) is 16.7. The highest BCUT2D eigenvalue weighted by molar-refractivity contribution is 6.02. The number of alkyl carbamates (subject to hydrolysis) is 1. The van der Waals surface area contributed by atoms with Gasteiger partial charge in [0, 0.05) is 42.4 Å². The number of alkyl halides is 1. The van der Waals surface area contributed by atoms with E-state index in [1.54, 1.807) is 49.9 Å². The number of rotatable bonds is 7. The fraction of sp³-hybridized carbons (Fsp3) is 0.324. The molecule has 1 fully saturated rings. The van der Waals surface area contributed by atoms with Gasteiger partial charge in [-0.2, -0.15) is 5.26 Å². The molecule has 0 radical (unpaired) electrons. The number of pyridine rings is 1. The highest BCUT2D eigenvalue weighted by atomic mass is 19.1. The van der Waals surface area contributed by atoms with Crippen LogP contribution in [0.2, 0.25) is 0 Å². The van der Waals surface area contributed by atoms with Gasteiger partial charge in [0.25, 0.3) is 0 Å². The first-order valence-corrected chi connectivity index (χ1v) is 14.4. The Bertz CT molecular complexity index is 1750. The number of nitriles is 1. The number of hydrogen-bond acceptors (Lipinski definition) is 7. The first-order valence-electron chi connectivity index (χ1n) is 14.4. The Morgan fingerprint density at radius 1 is 1.09 bits per heavy atom. The van der Waals surface area contributed by atoms with Crippen LogP contribution in [0.1, 0.15) is 32.8 Å². The summed E-state index contributed by atoms with van der Waals surface area (Å²) in [4.78, 5) is 18.8. The number of carbonyl (C=O) groups is 1. The first kappa shape index (κ1) is 31.6. The lowest BCUT2D eigenvalue weighted by Crippen LogP contribution is -2.53. The number of benzene rings is 3. The number of piperidine rings is 1. The van der Waals surface area contributed by atoms with Gasteiger partial charge in [-0.1, -0.05) is 18.2 Å². The fourth-order valence-electron chi connectivity index (χ4n) is 5.46. The summed E-state index contributed by atoms with van der Waals surface area (Å²) in [5.74, 6) is -1.19. The Hall–Kier alpha value is -4.82. The van der Waals surface area contributed by atoms with Gasteiger partial charge < -0.3 is 24.4 Å². The molecule has 1 amide bonds. The molecule has 2 heterocycles. The molecule has 5 rings (SSSR count). The van der Waals surface area contributed by atoms with Crippen LogP contribution < -0.4 is 15.0 Å². The Labute approximate surface area is 259 Å². The number of fused-ring (bicyclic) bond motifs is 1. The molecule has 1 aliphatic heterocycles. The van der Waals surface area contributed by atoms with E-state index in [1.165, 1.54) is 25.4 Å². The third-order valence-corrected chi connectivity index (χ3v) is 7.34. The topological polar surface area (TPSA) is 96.7 Å². The second kappa shape index (κ2) is 13.0. The quantitative estimate of drug-likeness (QED) is 0.220. The van der Waals surface area contributed by atoms with E-state index in [0.29, 0.717) is 51.1 Å². The van der Waals surface area contributed by atoms with Gasteiger partial charge in [-0.05, 0) is 68.7 Å². The maximum absolute atomic E-state index is 15.7. The molecular weight excluding hydrogens is 585 g/mol. The number of hydrogen-bond donors (Lipinski definition) is 1. The third-order valence-electron chi connectivity index (χ3n) is 7.34. The fourth-order valence-corrected chi connectivity index (χ4v) is 5.46. The Morgan fingerprint density at radius 2 is 1.84 bits per heavy atom. The highest BCUT2D eigenvalue weighted by Crippen LogP contribution is 2.41. The van der Waals surface area contributed by atoms with Gasteiger partial charge in [-0.15, -0.1) is 0 Å². The van der Waals surface area contributed by atoms with Crippen LogP contribution in [0.3, 0.4) is 0 Å². The highest BCUT2D eigenvalue weighted by Gasteiger charge is 2.33. The van der Waals surface area contributed by atoms with E-state index >= 15 is 4.39 Å². The second-order valence-corrected chi connectivity index (χ2v) is 11.8. The Kier molecular flexibility index (Phi) is 9.16. The van der Waals surface area contributed by atoms with Crippen LogP contribution in [-0.2, 0) is 9.47 Å². The molecule has 2 unspecified atom stereocenters. The van der Waals surface area contributed by atoms with Crippen molar-refractivity contribution in [2.24, 2.45) is 0 Å². The number of ether oxygens (including phenoxy) is 3. The van der Waals surface area contributed by atoms with Crippen molar-refractivity contribution in [3.8, 4) is 34.1 Å². The minimum atomic E-state index is -1.48. The van der Waals surface area contributed by atoms with Gasteiger partial charge in [-0.25, -0.2) is 18.0 Å². The summed E-state index contributed by atoms with van der Waals surface area (Å²) in [6.45, 7) is 5.31. The molecule has 1 saturated heterocycles. The van der Waals surface area contributed by atoms with E-state index in [0.717, 1.165) is 6.07 Å². The molecule has 0 bridgehead atoms. The molecular formula is C34H33F3N4O4. The monoisotopic (exact) mass is 618 g/mol. The van der Waals surface area contributed by atoms with Gasteiger partial charge in [-0.3, -0.25) is 4.98 Å². The summed E-state index contributed by atoms with van der Waals surface area (Å²) >= 11 is 0. The summed E-state index contributed by atoms with van der Waals surface area (Å²) in [6, 6.07) is 15.2. The van der Waals surface area contributed by atoms with E-state index in [-0.39, 0.29) is 25.3 Å². The zero-order valence-electron chi connectivity index (χ0n) is 25.4. The summed E-state index contributed by atoms with van der Waals surface area (Å²) in [7, 11) is 1.48. The molecule has 45 heavy (non-hydrogen) atoms. The Morgan fingerprint density at radius 3 is 2.51 bits per heavy atom. The molecule has 0 aliphatic carbocycles. The number of methoxy groups -OCH3 is 1. The maximum Gasteiger partial charge on any atom is 0.407 e. The van der Waals surface area contributed by atoms with Crippen LogP contribution in [0.15, 0.2) is 60.8 Å². The molecule has 1 aliphatic rings. The number of carbonyl (C=O) groups excluding carboxylic acids is 1. The molecule has 234 valence electrons. The molecule has 11 heteroatoms. The summed E-state index contributed by atoms with van der Waals surface area (Å²) < 4.78 is 60.7. The minimum absolute atomic E-state index is 0.0778. The van der Waals surface area contributed by atoms with E-state index in [2.05, 4.69) is 16.4 Å². The lowest BCUT2D eigenvalue weighted by atomic mass is 9.95. The van der Waals surface area contributed by atoms with Crippen molar-refractivity contribution in [3.05, 3.63) is 78.0 Å². The third kappa shape index (κ3) is 7.13. The number of amides is 1. The van der Waals surface area contributed by atoms with Gasteiger partial charge in [0.15, 0.2) is 6.79 Å². The summed E-state index contributed by atoms with van der Waals surface area (Å²) in [6.07, 6.45) is -0.409. The standard InChI is InChI=1S/C34H33F3N4O4/c1-34(2,3)45-33(42)40-30-10-11-41(18-28(30)37)31-26-14-20(25-7-5-6-21(16-38)32(25)44-19-43-4)8-9-29(26)39-17-27(31)22-12-23(35)15-24(36)13-22/h5-9,12-15,17,28,30H,10-11,18-19H2,1-4H3,(H,40,42). The maximum atomic E-state index is 15.7. The average Bonchev–Trinajstić information content (AvgIpc) is 2.98. The smallest absolute Gasteiger partial charge is 0.407 e. The van der Waals surface area contributed by atoms with Crippen LogP contribution in [0.25, 0.3) is 33.2 Å². The lowest BCUT2D eigenvalue weighted by molar-refractivity contribution is 0.0463. The number of nitrogens with zero attached hydrogens (tertiary/aromatic N) is 3. The van der Waals surface area contributed by atoms with Gasteiger partial charge in [0.05, 0.1) is 29.4 Å². The molecule has 8 nitrogen and oxygen atoms in total. The van der Waals surface area contributed by atoms with Crippen molar-refractivity contribution >= 4 is 22.7 Å². The van der Waals surface area contributed by atoms with E-state index < -0.39 is 35.5 Å². The molecule has 3 aromatic carbocycles. The largest absolute Gasteiger partial charge is 0.466 e. The van der Waals surface area contributed by atoms with Crippen molar-refractivity contribution in [2.45, 2.75) is 45.0 Å². The van der Waals surface area contributed by atoms with Crippen molar-refractivity contribution in [2.75, 3.05) is 31.9 Å². The van der Waals surface area contributed by atoms with Crippen molar-refractivity contribution in [1.29, 1.82) is 5.26 Å². The van der Waals surface area contributed by atoms with Crippen LogP contribution in [0.4, 0.5) is 23.7 Å². The molecule has 4 aromatic rings. The van der Waals surface area contributed by atoms with Crippen LogP contribution in [-0.4, -0.2) is 55.9 Å². The summed E-state index contributed by atoms with van der Waals surface area (Å²) in [5.41, 5.74) is 2.61. The number of halogens is 3. The predicted octanol–water partition coefficient (Wildman–Crippen LogP) is 7.14. The number of nitrogens with one attached hydrogen (secondary N) is 1. The molecule has 0 spiro atoms. The zero-order valence-corrected chi connectivity index (χ0v) is 25.4.